The number of nitrogens with zero attached hydrogens (tertiary/aromatic N) is 1. The van der Waals surface area contributed by atoms with E-state index in [1.54, 1.807) is 39.8 Å². The number of hydrogen-bond donors (Lipinski definition) is 14. The molecule has 0 saturated heterocycles. The zero-order chi connectivity index (χ0) is 56.9. The van der Waals surface area contributed by atoms with Crippen molar-refractivity contribution in [2.75, 3.05) is 0 Å². The Kier molecular flexibility index (Phi) is 25.8. The van der Waals surface area contributed by atoms with Crippen LogP contribution < -0.4 is 59.7 Å². The Balaban J connectivity index is 2.38. The van der Waals surface area contributed by atoms with Crippen LogP contribution in [0.1, 0.15) is 106 Å². The van der Waals surface area contributed by atoms with E-state index in [4.69, 9.17) is 17.2 Å². The Morgan fingerprint density at radius 2 is 1.01 bits per heavy atom. The van der Waals surface area contributed by atoms with Crippen molar-refractivity contribution in [1.82, 2.24) is 52.5 Å². The fraction of sp³-hybridized carbons (Fsp3) is 0.592. The van der Waals surface area contributed by atoms with Gasteiger partial charge in [-0.15, -0.1) is 0 Å². The molecule has 1 aromatic heterocycles. The molecule has 75 heavy (non-hydrogen) atoms. The van der Waals surface area contributed by atoms with E-state index in [0.717, 1.165) is 0 Å². The Labute approximate surface area is 435 Å². The number of benzene rings is 1. The van der Waals surface area contributed by atoms with E-state index in [1.807, 2.05) is 13.8 Å². The van der Waals surface area contributed by atoms with Gasteiger partial charge in [0, 0.05) is 24.7 Å². The highest BCUT2D eigenvalue weighted by atomic mass is 16.4. The number of H-pyrrole nitrogens is 1. The van der Waals surface area contributed by atoms with Gasteiger partial charge in [-0.2, -0.15) is 0 Å². The maximum absolute atomic E-state index is 14.1. The van der Waals surface area contributed by atoms with Crippen LogP contribution in [0.5, 0.6) is 5.75 Å². The Morgan fingerprint density at radius 3 is 1.51 bits per heavy atom. The molecule has 1 heterocycles. The van der Waals surface area contributed by atoms with Crippen LogP contribution in [-0.2, 0) is 65.6 Å². The van der Waals surface area contributed by atoms with Gasteiger partial charge in [-0.1, -0.05) is 73.9 Å². The molecule has 416 valence electrons. The Hall–Kier alpha value is -7.64. The number of nitrogens with one attached hydrogen (secondary N) is 9. The number of carboxylic acids is 1. The van der Waals surface area contributed by atoms with Gasteiger partial charge in [0.2, 0.25) is 59.1 Å². The van der Waals surface area contributed by atoms with Gasteiger partial charge in [0.15, 0.2) is 0 Å². The molecule has 0 bridgehead atoms. The molecule has 0 aliphatic carbocycles. The van der Waals surface area contributed by atoms with Crippen LogP contribution in [0.2, 0.25) is 0 Å². The molecular formula is C49H77N13O13. The van der Waals surface area contributed by atoms with Crippen LogP contribution in [-0.4, -0.2) is 140 Å². The van der Waals surface area contributed by atoms with Gasteiger partial charge in [0.05, 0.1) is 25.2 Å². The lowest BCUT2D eigenvalue weighted by molar-refractivity contribution is -0.143. The van der Waals surface area contributed by atoms with E-state index in [0.29, 0.717) is 24.1 Å². The van der Waals surface area contributed by atoms with Crippen molar-refractivity contribution < 1.29 is 63.0 Å². The first-order valence-corrected chi connectivity index (χ1v) is 24.8. The van der Waals surface area contributed by atoms with Crippen molar-refractivity contribution in [2.45, 2.75) is 162 Å². The molecule has 0 aliphatic rings. The molecule has 0 fully saturated rings. The number of hydrogen-bond acceptors (Lipinski definition) is 14. The van der Waals surface area contributed by atoms with Gasteiger partial charge < -0.3 is 74.9 Å². The number of nitrogens with two attached hydrogens (primary N) is 3. The molecule has 2 rings (SSSR count). The summed E-state index contributed by atoms with van der Waals surface area (Å²) < 4.78 is 0. The van der Waals surface area contributed by atoms with Crippen molar-refractivity contribution >= 4 is 65.0 Å². The number of phenols is 1. The van der Waals surface area contributed by atoms with E-state index in [-0.39, 0.29) is 36.8 Å². The minimum atomic E-state index is -1.72. The number of phenolic OH excluding ortho intramolecular Hbond substituents is 1. The van der Waals surface area contributed by atoms with Gasteiger partial charge in [0.1, 0.15) is 54.1 Å². The quantitative estimate of drug-likeness (QED) is 0.0368. The first-order chi connectivity index (χ1) is 35.0. The second-order valence-corrected chi connectivity index (χ2v) is 19.8. The maximum Gasteiger partial charge on any atom is 0.326 e. The van der Waals surface area contributed by atoms with E-state index in [2.05, 4.69) is 52.5 Å². The third-order valence-corrected chi connectivity index (χ3v) is 11.9. The van der Waals surface area contributed by atoms with Crippen molar-refractivity contribution in [3.8, 4) is 5.75 Å². The van der Waals surface area contributed by atoms with Gasteiger partial charge in [-0.05, 0) is 61.1 Å². The van der Waals surface area contributed by atoms with Crippen molar-refractivity contribution in [2.24, 2.45) is 40.9 Å². The summed E-state index contributed by atoms with van der Waals surface area (Å²) in [6.45, 7) is 14.9. The normalized spacial score (nSPS) is 15.3. The summed E-state index contributed by atoms with van der Waals surface area (Å²) in [5.74, 6) is -12.1. The number of aromatic amines is 1. The third kappa shape index (κ3) is 22.2. The highest BCUT2D eigenvalue weighted by Gasteiger charge is 2.37. The third-order valence-electron chi connectivity index (χ3n) is 11.9. The number of aromatic hydroxyl groups is 1. The van der Waals surface area contributed by atoms with E-state index in [1.165, 1.54) is 45.4 Å². The Bertz CT molecular complexity index is 2290. The number of rotatable bonds is 32. The molecule has 26 heteroatoms. The maximum atomic E-state index is 14.1. The van der Waals surface area contributed by atoms with Crippen molar-refractivity contribution in [3.05, 3.63) is 48.0 Å². The predicted molar refractivity (Wildman–Crippen MR) is 272 cm³/mol. The number of amides is 10. The summed E-state index contributed by atoms with van der Waals surface area (Å²) in [6, 6.07) is -6.69. The average Bonchev–Trinajstić information content (AvgIpc) is 3.83. The van der Waals surface area contributed by atoms with E-state index < -0.39 is 144 Å². The molecular weight excluding hydrogens is 979 g/mol. The molecule has 1 aromatic carbocycles. The lowest BCUT2D eigenvalue weighted by Gasteiger charge is -2.29. The number of carbonyl (C=O) groups excluding carboxylic acids is 10. The van der Waals surface area contributed by atoms with Crippen molar-refractivity contribution in [3.63, 3.8) is 0 Å². The number of carbonyl (C=O) groups is 11. The molecule has 0 saturated carbocycles. The van der Waals surface area contributed by atoms with Gasteiger partial charge in [-0.25, -0.2) is 9.78 Å². The van der Waals surface area contributed by atoms with Crippen LogP contribution in [0.3, 0.4) is 0 Å². The summed E-state index contributed by atoms with van der Waals surface area (Å²) in [6.07, 6.45) is 1.37. The first kappa shape index (κ1) is 63.5. The lowest BCUT2D eigenvalue weighted by atomic mass is 9.97. The zero-order valence-corrected chi connectivity index (χ0v) is 44.0. The second-order valence-electron chi connectivity index (χ2n) is 19.8. The lowest BCUT2D eigenvalue weighted by Crippen LogP contribution is -2.61. The second kappa shape index (κ2) is 30.5. The molecule has 0 spiro atoms. The van der Waals surface area contributed by atoms with Crippen LogP contribution >= 0.6 is 0 Å². The van der Waals surface area contributed by atoms with Gasteiger partial charge >= 0.3 is 5.97 Å². The zero-order valence-electron chi connectivity index (χ0n) is 44.0. The van der Waals surface area contributed by atoms with Gasteiger partial charge in [0.25, 0.3) is 0 Å². The monoisotopic (exact) mass is 1060 g/mol. The van der Waals surface area contributed by atoms with Crippen LogP contribution in [0.15, 0.2) is 36.8 Å². The molecule has 26 nitrogen and oxygen atoms in total. The number of aromatic nitrogens is 2. The standard InChI is InChI=1S/C49H77N13O13/c1-10-26(8)40(62-41(66)27(9)55-43(68)33(17-28-11-13-30(63)14-12-28)56-42(67)31(50)15-23(2)3)48(73)60-35(19-37(51)64)46(71)57-32(16-24(4)5)44(69)58-34(18-29-21-53-22-54-29)45(70)59-36(20-38(52)65)47(72)61-39(25(6)7)49(74)75/h11-14,21-27,31-36,39-40,63H,10,15-20,50H2,1-9H3,(H2,51,64)(H2,52,65)(H,53,54)(H,55,68)(H,56,67)(H,57,71)(H,58,69)(H,59,70)(H,60,73)(H,61,72)(H,62,66)(H,74,75)/t26-,27-,31-,32-,33-,34-,35-,36-,39-,40-/m0/s1. The summed E-state index contributed by atoms with van der Waals surface area (Å²) >= 11 is 0. The average molecular weight is 1060 g/mol. The largest absolute Gasteiger partial charge is 0.508 e. The van der Waals surface area contributed by atoms with Crippen LogP contribution in [0.4, 0.5) is 0 Å². The van der Waals surface area contributed by atoms with Gasteiger partial charge in [-0.3, -0.25) is 47.9 Å². The molecule has 0 radical (unpaired) electrons. The smallest absolute Gasteiger partial charge is 0.326 e. The fourth-order valence-corrected chi connectivity index (χ4v) is 7.53. The highest BCUT2D eigenvalue weighted by molar-refractivity contribution is 5.99. The SMILES string of the molecule is CC[C@H](C)[C@H](NC(=O)[C@H](C)NC(=O)[C@H](Cc1ccc(O)cc1)NC(=O)[C@@H](N)CC(C)C)C(=O)N[C@@H](CC(N)=O)C(=O)N[C@@H](CC(C)C)C(=O)N[C@@H](Cc1cnc[nH]1)C(=O)N[C@@H](CC(N)=O)C(=O)N[C@H](C(=O)O)C(C)C. The topological polar surface area (TPSA) is 431 Å². The predicted octanol–water partition coefficient (Wildman–Crippen LogP) is -2.24. The molecule has 17 N–H and O–H groups in total. The molecule has 0 unspecified atom stereocenters. The van der Waals surface area contributed by atoms with E-state index in [9.17, 15) is 63.0 Å². The molecule has 2 aromatic rings. The fourth-order valence-electron chi connectivity index (χ4n) is 7.53. The van der Waals surface area contributed by atoms with E-state index >= 15 is 0 Å². The minimum Gasteiger partial charge on any atom is -0.508 e. The summed E-state index contributed by atoms with van der Waals surface area (Å²) in [5, 5.41) is 39.4. The summed E-state index contributed by atoms with van der Waals surface area (Å²) in [4.78, 5) is 153. The highest BCUT2D eigenvalue weighted by Crippen LogP contribution is 2.15. The Morgan fingerprint density at radius 1 is 0.560 bits per heavy atom. The first-order valence-electron chi connectivity index (χ1n) is 24.8. The number of aliphatic carboxylic acids is 1. The number of imidazole rings is 1. The van der Waals surface area contributed by atoms with Crippen molar-refractivity contribution in [1.29, 1.82) is 0 Å². The molecule has 10 amide bonds. The summed E-state index contributed by atoms with van der Waals surface area (Å²) in [5.41, 5.74) is 17.9. The number of primary amides is 2. The molecule has 0 aliphatic heterocycles. The van der Waals surface area contributed by atoms with Crippen LogP contribution in [0.25, 0.3) is 0 Å². The summed E-state index contributed by atoms with van der Waals surface area (Å²) in [7, 11) is 0. The minimum absolute atomic E-state index is 0.0227. The number of carboxylic acid groups (broad SMARTS) is 1. The van der Waals surface area contributed by atoms with Crippen LogP contribution in [0, 0.1) is 23.7 Å². The molecule has 10 atom stereocenters.